The fraction of sp³-hybridized carbons (Fsp3) is 0.200. The second kappa shape index (κ2) is 7.74. The largest absolute Gasteiger partial charge is 0.372 e. The van der Waals surface area contributed by atoms with Crippen LogP contribution in [0.25, 0.3) is 10.8 Å². The van der Waals surface area contributed by atoms with Crippen molar-refractivity contribution in [3.8, 4) is 0 Å². The molecule has 0 amide bonds. The van der Waals surface area contributed by atoms with Crippen molar-refractivity contribution >= 4 is 33.5 Å². The molecule has 0 unspecified atom stereocenters. The molecule has 0 spiro atoms. The van der Waals surface area contributed by atoms with Gasteiger partial charge in [0.25, 0.3) is 5.69 Å². The lowest BCUT2D eigenvalue weighted by atomic mass is 10.1. The SMILES string of the molecule is CCN(CC)c1ccc(N=Nc2ccc([N+](=O)[O-])c3ccccc23)cc1. The van der Waals surface area contributed by atoms with Crippen molar-refractivity contribution in [1.29, 1.82) is 0 Å². The summed E-state index contributed by atoms with van der Waals surface area (Å²) in [7, 11) is 0. The maximum atomic E-state index is 11.2. The van der Waals surface area contributed by atoms with E-state index in [1.807, 2.05) is 36.4 Å². The van der Waals surface area contributed by atoms with E-state index in [-0.39, 0.29) is 10.6 Å². The van der Waals surface area contributed by atoms with Gasteiger partial charge in [0.2, 0.25) is 0 Å². The van der Waals surface area contributed by atoms with Crippen LogP contribution in [0.15, 0.2) is 70.9 Å². The standard InChI is InChI=1S/C20H20N4O2/c1-3-23(4-2)16-11-9-15(10-12-16)21-22-19-13-14-20(24(25)26)18-8-6-5-7-17(18)19/h5-14H,3-4H2,1-2H3. The number of anilines is 1. The van der Waals surface area contributed by atoms with Gasteiger partial charge in [0.1, 0.15) is 0 Å². The summed E-state index contributed by atoms with van der Waals surface area (Å²) < 4.78 is 0. The zero-order chi connectivity index (χ0) is 18.5. The predicted octanol–water partition coefficient (Wildman–Crippen LogP) is 6.01. The van der Waals surface area contributed by atoms with E-state index in [2.05, 4.69) is 29.0 Å². The molecule has 3 aromatic rings. The van der Waals surface area contributed by atoms with Gasteiger partial charge in [-0.3, -0.25) is 10.1 Å². The molecule has 0 fully saturated rings. The second-order valence-electron chi connectivity index (χ2n) is 5.80. The van der Waals surface area contributed by atoms with Crippen LogP contribution in [0.3, 0.4) is 0 Å². The Kier molecular flexibility index (Phi) is 5.22. The number of fused-ring (bicyclic) bond motifs is 1. The van der Waals surface area contributed by atoms with E-state index < -0.39 is 0 Å². The summed E-state index contributed by atoms with van der Waals surface area (Å²) in [6.45, 7) is 6.14. The van der Waals surface area contributed by atoms with Gasteiger partial charge in [0, 0.05) is 30.2 Å². The fourth-order valence-corrected chi connectivity index (χ4v) is 2.94. The first-order valence-electron chi connectivity index (χ1n) is 8.57. The Morgan fingerprint density at radius 1 is 0.885 bits per heavy atom. The summed E-state index contributed by atoms with van der Waals surface area (Å²) in [5, 5.41) is 21.1. The van der Waals surface area contributed by atoms with E-state index in [9.17, 15) is 10.1 Å². The maximum absolute atomic E-state index is 11.2. The summed E-state index contributed by atoms with van der Waals surface area (Å²) in [4.78, 5) is 13.1. The molecule has 26 heavy (non-hydrogen) atoms. The van der Waals surface area contributed by atoms with Gasteiger partial charge in [-0.25, -0.2) is 0 Å². The molecule has 0 radical (unpaired) electrons. The van der Waals surface area contributed by atoms with Gasteiger partial charge in [-0.2, -0.15) is 5.11 Å². The van der Waals surface area contributed by atoms with Crippen LogP contribution in [0.5, 0.6) is 0 Å². The predicted molar refractivity (Wildman–Crippen MR) is 105 cm³/mol. The molecule has 6 nitrogen and oxygen atoms in total. The van der Waals surface area contributed by atoms with Crippen LogP contribution in [0.4, 0.5) is 22.7 Å². The number of benzene rings is 3. The van der Waals surface area contributed by atoms with E-state index in [0.717, 1.165) is 24.5 Å². The molecule has 3 rings (SSSR count). The molecule has 132 valence electrons. The Labute approximate surface area is 151 Å². The number of non-ortho nitro benzene ring substituents is 1. The molecule has 6 heteroatoms. The molecule has 0 atom stereocenters. The molecular weight excluding hydrogens is 328 g/mol. The van der Waals surface area contributed by atoms with E-state index >= 15 is 0 Å². The van der Waals surface area contributed by atoms with Crippen LogP contribution in [0, 0.1) is 10.1 Å². The van der Waals surface area contributed by atoms with Crippen LogP contribution in [-0.4, -0.2) is 18.0 Å². The molecule has 0 aromatic heterocycles. The average molecular weight is 348 g/mol. The first-order valence-corrected chi connectivity index (χ1v) is 8.57. The Morgan fingerprint density at radius 2 is 1.54 bits per heavy atom. The Balaban J connectivity index is 1.92. The van der Waals surface area contributed by atoms with Crippen molar-refractivity contribution in [3.05, 3.63) is 70.8 Å². The fourth-order valence-electron chi connectivity index (χ4n) is 2.94. The summed E-state index contributed by atoms with van der Waals surface area (Å²) in [6.07, 6.45) is 0. The van der Waals surface area contributed by atoms with Crippen LogP contribution < -0.4 is 4.90 Å². The molecule has 0 aliphatic rings. The number of nitrogens with zero attached hydrogens (tertiary/aromatic N) is 4. The molecule has 3 aromatic carbocycles. The van der Waals surface area contributed by atoms with Crippen molar-refractivity contribution in [2.24, 2.45) is 10.2 Å². The topological polar surface area (TPSA) is 71.1 Å². The highest BCUT2D eigenvalue weighted by Crippen LogP contribution is 2.34. The third-order valence-corrected chi connectivity index (χ3v) is 4.33. The molecule has 0 bridgehead atoms. The van der Waals surface area contributed by atoms with Crippen LogP contribution in [0.2, 0.25) is 0 Å². The normalized spacial score (nSPS) is 11.2. The highest BCUT2D eigenvalue weighted by molar-refractivity contribution is 5.98. The average Bonchev–Trinajstić information content (AvgIpc) is 2.67. The third-order valence-electron chi connectivity index (χ3n) is 4.33. The molecule has 0 saturated carbocycles. The first kappa shape index (κ1) is 17.5. The van der Waals surface area contributed by atoms with Crippen molar-refractivity contribution in [2.45, 2.75) is 13.8 Å². The minimum absolute atomic E-state index is 0.0723. The Hall–Kier alpha value is -3.28. The lowest BCUT2D eigenvalue weighted by Crippen LogP contribution is -2.21. The summed E-state index contributed by atoms with van der Waals surface area (Å²) >= 11 is 0. The van der Waals surface area contributed by atoms with E-state index in [1.165, 1.54) is 6.07 Å². The van der Waals surface area contributed by atoms with E-state index in [1.54, 1.807) is 18.2 Å². The van der Waals surface area contributed by atoms with Gasteiger partial charge in [-0.15, -0.1) is 5.11 Å². The molecular formula is C20H20N4O2. The van der Waals surface area contributed by atoms with Gasteiger partial charge >= 0.3 is 0 Å². The number of nitro groups is 1. The van der Waals surface area contributed by atoms with Gasteiger partial charge < -0.3 is 4.90 Å². The molecule has 0 aliphatic heterocycles. The Bertz CT molecular complexity index is 948. The zero-order valence-electron chi connectivity index (χ0n) is 14.8. The molecule has 0 N–H and O–H groups in total. The second-order valence-corrected chi connectivity index (χ2v) is 5.80. The van der Waals surface area contributed by atoms with E-state index in [0.29, 0.717) is 16.5 Å². The van der Waals surface area contributed by atoms with Crippen molar-refractivity contribution in [1.82, 2.24) is 0 Å². The first-order chi connectivity index (χ1) is 12.6. The monoisotopic (exact) mass is 348 g/mol. The van der Waals surface area contributed by atoms with Crippen LogP contribution in [0.1, 0.15) is 13.8 Å². The summed E-state index contributed by atoms with van der Waals surface area (Å²) in [5.74, 6) is 0. The van der Waals surface area contributed by atoms with Gasteiger partial charge in [0.15, 0.2) is 0 Å². The molecule has 0 aliphatic carbocycles. The zero-order valence-corrected chi connectivity index (χ0v) is 14.8. The minimum Gasteiger partial charge on any atom is -0.372 e. The third kappa shape index (κ3) is 3.54. The maximum Gasteiger partial charge on any atom is 0.277 e. The summed E-state index contributed by atoms with van der Waals surface area (Å²) in [6, 6.07) is 18.2. The smallest absolute Gasteiger partial charge is 0.277 e. The number of hydrogen-bond donors (Lipinski definition) is 0. The minimum atomic E-state index is -0.380. The molecule has 0 heterocycles. The van der Waals surface area contributed by atoms with Gasteiger partial charge in [-0.05, 0) is 50.2 Å². The number of nitro benzene ring substituents is 1. The van der Waals surface area contributed by atoms with Crippen molar-refractivity contribution in [2.75, 3.05) is 18.0 Å². The highest BCUT2D eigenvalue weighted by Gasteiger charge is 2.13. The lowest BCUT2D eigenvalue weighted by molar-refractivity contribution is -0.383. The quantitative estimate of drug-likeness (QED) is 0.311. The number of azo groups is 1. The summed E-state index contributed by atoms with van der Waals surface area (Å²) in [5.41, 5.74) is 2.57. The highest BCUT2D eigenvalue weighted by atomic mass is 16.6. The van der Waals surface area contributed by atoms with Crippen molar-refractivity contribution in [3.63, 3.8) is 0 Å². The number of hydrogen-bond acceptors (Lipinski definition) is 5. The number of rotatable bonds is 6. The van der Waals surface area contributed by atoms with Crippen LogP contribution >= 0.6 is 0 Å². The lowest BCUT2D eigenvalue weighted by Gasteiger charge is -2.20. The van der Waals surface area contributed by atoms with E-state index in [4.69, 9.17) is 0 Å². The van der Waals surface area contributed by atoms with Crippen molar-refractivity contribution < 1.29 is 4.92 Å². The van der Waals surface area contributed by atoms with Gasteiger partial charge in [0.05, 0.1) is 21.7 Å². The Morgan fingerprint density at radius 3 is 2.15 bits per heavy atom. The molecule has 0 saturated heterocycles. The van der Waals surface area contributed by atoms with Crippen LogP contribution in [-0.2, 0) is 0 Å². The van der Waals surface area contributed by atoms with Gasteiger partial charge in [-0.1, -0.05) is 18.2 Å².